The van der Waals surface area contributed by atoms with E-state index in [2.05, 4.69) is 4.84 Å². The molecule has 10 heteroatoms. The summed E-state index contributed by atoms with van der Waals surface area (Å²) >= 11 is 0. The van der Waals surface area contributed by atoms with Crippen LogP contribution in [-0.4, -0.2) is 28.5 Å². The molecule has 8 nitrogen and oxygen atoms in total. The van der Waals surface area contributed by atoms with Crippen LogP contribution in [0.1, 0.15) is 29.3 Å². The molecule has 29 heavy (non-hydrogen) atoms. The molecule has 0 aliphatic rings. The van der Waals surface area contributed by atoms with Crippen molar-refractivity contribution in [3.63, 3.8) is 0 Å². The van der Waals surface area contributed by atoms with E-state index in [0.29, 0.717) is 11.3 Å². The van der Waals surface area contributed by atoms with E-state index in [9.17, 15) is 19.7 Å². The molecule has 0 aliphatic heterocycles. The SMILES string of the molecule is CCSSCCC(=O)Oc1ccccc1C(=O)Oc1ccc(CO[N+](=O)[O-])cc1. The number of esters is 2. The van der Waals surface area contributed by atoms with Crippen molar-refractivity contribution in [1.29, 1.82) is 0 Å². The first kappa shape index (κ1) is 22.6. The van der Waals surface area contributed by atoms with Crippen LogP contribution in [-0.2, 0) is 16.2 Å². The number of rotatable bonds is 11. The van der Waals surface area contributed by atoms with E-state index in [1.807, 2.05) is 6.92 Å². The van der Waals surface area contributed by atoms with Gasteiger partial charge >= 0.3 is 11.9 Å². The molecule has 0 heterocycles. The number of hydrogen-bond donors (Lipinski definition) is 0. The lowest BCUT2D eigenvalue weighted by atomic mass is 10.2. The number of carbonyl (C=O) groups is 2. The van der Waals surface area contributed by atoms with Gasteiger partial charge in [-0.2, -0.15) is 0 Å². The molecule has 0 amide bonds. The van der Waals surface area contributed by atoms with Crippen molar-refractivity contribution >= 4 is 33.5 Å². The molecule has 0 N–H and O–H groups in total. The fourth-order valence-corrected chi connectivity index (χ4v) is 3.75. The van der Waals surface area contributed by atoms with Crippen molar-refractivity contribution in [3.05, 3.63) is 69.8 Å². The van der Waals surface area contributed by atoms with Gasteiger partial charge in [-0.25, -0.2) is 4.79 Å². The fourth-order valence-electron chi connectivity index (χ4n) is 2.11. The molecule has 0 radical (unpaired) electrons. The second-order valence-corrected chi connectivity index (χ2v) is 8.35. The summed E-state index contributed by atoms with van der Waals surface area (Å²) in [5.41, 5.74) is 0.673. The molecule has 2 aromatic rings. The molecule has 0 unspecified atom stereocenters. The third-order valence-corrected chi connectivity index (χ3v) is 5.87. The number of carbonyl (C=O) groups excluding carboxylic acids is 2. The Morgan fingerprint density at radius 1 is 1.03 bits per heavy atom. The van der Waals surface area contributed by atoms with Crippen molar-refractivity contribution in [2.24, 2.45) is 0 Å². The summed E-state index contributed by atoms with van der Waals surface area (Å²) < 4.78 is 10.6. The molecule has 2 rings (SSSR count). The van der Waals surface area contributed by atoms with Gasteiger partial charge in [-0.3, -0.25) is 4.79 Å². The molecule has 0 saturated carbocycles. The van der Waals surface area contributed by atoms with Crippen molar-refractivity contribution in [2.75, 3.05) is 11.5 Å². The van der Waals surface area contributed by atoms with Gasteiger partial charge in [0.1, 0.15) is 23.7 Å². The van der Waals surface area contributed by atoms with Crippen molar-refractivity contribution < 1.29 is 29.0 Å². The van der Waals surface area contributed by atoms with Gasteiger partial charge in [-0.1, -0.05) is 52.8 Å². The average molecular weight is 437 g/mol. The Morgan fingerprint density at radius 3 is 2.45 bits per heavy atom. The minimum atomic E-state index is -0.881. The monoisotopic (exact) mass is 437 g/mol. The fraction of sp³-hybridized carbons (Fsp3) is 0.263. The van der Waals surface area contributed by atoms with Crippen molar-refractivity contribution in [1.82, 2.24) is 0 Å². The smallest absolute Gasteiger partial charge is 0.347 e. The van der Waals surface area contributed by atoms with Crippen LogP contribution < -0.4 is 9.47 Å². The maximum atomic E-state index is 12.5. The van der Waals surface area contributed by atoms with Gasteiger partial charge < -0.3 is 14.3 Å². The van der Waals surface area contributed by atoms with Gasteiger partial charge in [0.2, 0.25) is 0 Å². The molecule has 0 spiro atoms. The standard InChI is InChI=1S/C19H19NO7S2/c1-2-28-29-12-11-18(21)27-17-6-4-3-5-16(17)19(22)26-15-9-7-14(8-10-15)13-25-20(23)24/h3-10H,2,11-13H2,1H3. The number of para-hydroxylation sites is 1. The molecule has 2 aromatic carbocycles. The minimum absolute atomic E-state index is 0.122. The Kier molecular flexibility index (Phi) is 9.32. The lowest BCUT2D eigenvalue weighted by molar-refractivity contribution is -0.763. The van der Waals surface area contributed by atoms with E-state index in [-0.39, 0.29) is 30.1 Å². The average Bonchev–Trinajstić information content (AvgIpc) is 2.71. The summed E-state index contributed by atoms with van der Waals surface area (Å²) in [6.07, 6.45) is 0.231. The van der Waals surface area contributed by atoms with Crippen LogP contribution in [0, 0.1) is 10.1 Å². The molecule has 0 aromatic heterocycles. The Hall–Kier alpha value is -2.72. The summed E-state index contributed by atoms with van der Waals surface area (Å²) in [6.45, 7) is 1.83. The Bertz CT molecular complexity index is 843. The summed E-state index contributed by atoms with van der Waals surface area (Å²) in [5.74, 6) is 0.845. The van der Waals surface area contributed by atoms with Crippen LogP contribution in [0.2, 0.25) is 0 Å². The molecular formula is C19H19NO7S2. The van der Waals surface area contributed by atoms with E-state index >= 15 is 0 Å². The summed E-state index contributed by atoms with van der Waals surface area (Å²) in [7, 11) is 3.25. The first-order valence-corrected chi connectivity index (χ1v) is 11.1. The Balaban J connectivity index is 1.97. The molecular weight excluding hydrogens is 418 g/mol. The van der Waals surface area contributed by atoms with Crippen LogP contribution >= 0.6 is 21.6 Å². The number of nitrogens with zero attached hydrogens (tertiary/aromatic N) is 1. The van der Waals surface area contributed by atoms with Crippen molar-refractivity contribution in [3.8, 4) is 11.5 Å². The van der Waals surface area contributed by atoms with Gasteiger partial charge in [-0.15, -0.1) is 10.1 Å². The third-order valence-electron chi connectivity index (χ3n) is 3.39. The number of benzene rings is 2. The zero-order valence-corrected chi connectivity index (χ0v) is 17.2. The zero-order valence-electron chi connectivity index (χ0n) is 15.6. The normalized spacial score (nSPS) is 10.2. The molecule has 0 aliphatic carbocycles. The highest BCUT2D eigenvalue weighted by Crippen LogP contribution is 2.24. The van der Waals surface area contributed by atoms with Gasteiger partial charge in [0, 0.05) is 11.5 Å². The Labute approximate surface area is 175 Å². The highest BCUT2D eigenvalue weighted by molar-refractivity contribution is 8.76. The quantitative estimate of drug-likeness (QED) is 0.127. The maximum Gasteiger partial charge on any atom is 0.347 e. The predicted molar refractivity (Wildman–Crippen MR) is 110 cm³/mol. The number of hydrogen-bond acceptors (Lipinski definition) is 9. The van der Waals surface area contributed by atoms with Crippen LogP contribution in [0.4, 0.5) is 0 Å². The van der Waals surface area contributed by atoms with Gasteiger partial charge in [-0.05, 0) is 29.8 Å². The van der Waals surface area contributed by atoms with E-state index in [1.54, 1.807) is 45.9 Å². The Morgan fingerprint density at radius 2 is 1.76 bits per heavy atom. The van der Waals surface area contributed by atoms with E-state index in [1.165, 1.54) is 24.3 Å². The third kappa shape index (κ3) is 8.04. The summed E-state index contributed by atoms with van der Waals surface area (Å²) in [4.78, 5) is 39.0. The lowest BCUT2D eigenvalue weighted by Crippen LogP contribution is -2.14. The minimum Gasteiger partial charge on any atom is -0.426 e. The predicted octanol–water partition coefficient (Wildman–Crippen LogP) is 4.31. The first-order chi connectivity index (χ1) is 14.0. The first-order valence-electron chi connectivity index (χ1n) is 8.62. The second-order valence-electron chi connectivity index (χ2n) is 5.48. The van der Waals surface area contributed by atoms with Gasteiger partial charge in [0.25, 0.3) is 5.09 Å². The second kappa shape index (κ2) is 12.0. The highest BCUT2D eigenvalue weighted by Gasteiger charge is 2.17. The van der Waals surface area contributed by atoms with Crippen LogP contribution in [0.25, 0.3) is 0 Å². The van der Waals surface area contributed by atoms with Gasteiger partial charge in [0.05, 0.1) is 6.42 Å². The maximum absolute atomic E-state index is 12.5. The lowest BCUT2D eigenvalue weighted by Gasteiger charge is -2.10. The highest BCUT2D eigenvalue weighted by atomic mass is 33.1. The van der Waals surface area contributed by atoms with E-state index in [0.717, 1.165) is 5.75 Å². The van der Waals surface area contributed by atoms with Gasteiger partial charge in [0.15, 0.2) is 0 Å². The molecule has 154 valence electrons. The summed E-state index contributed by atoms with van der Waals surface area (Å²) in [6, 6.07) is 12.4. The van der Waals surface area contributed by atoms with E-state index < -0.39 is 17.0 Å². The molecule has 0 atom stereocenters. The zero-order chi connectivity index (χ0) is 21.1. The van der Waals surface area contributed by atoms with Crippen molar-refractivity contribution in [2.45, 2.75) is 20.0 Å². The molecule has 0 bridgehead atoms. The summed E-state index contributed by atoms with van der Waals surface area (Å²) in [5, 5.41) is 9.33. The van der Waals surface area contributed by atoms with Crippen LogP contribution in [0.15, 0.2) is 48.5 Å². The molecule has 0 fully saturated rings. The largest absolute Gasteiger partial charge is 0.426 e. The topological polar surface area (TPSA) is 105 Å². The number of ether oxygens (including phenoxy) is 2. The molecule has 0 saturated heterocycles. The van der Waals surface area contributed by atoms with Crippen LogP contribution in [0.3, 0.4) is 0 Å². The van der Waals surface area contributed by atoms with Crippen LogP contribution in [0.5, 0.6) is 11.5 Å². The van der Waals surface area contributed by atoms with E-state index in [4.69, 9.17) is 9.47 Å².